The van der Waals surface area contributed by atoms with Crippen molar-refractivity contribution in [3.05, 3.63) is 89.4 Å². The van der Waals surface area contributed by atoms with Crippen LogP contribution in [0.5, 0.6) is 0 Å². The van der Waals surface area contributed by atoms with Crippen molar-refractivity contribution in [2.45, 2.75) is 31.3 Å². The van der Waals surface area contributed by atoms with Crippen LogP contribution in [0.3, 0.4) is 0 Å². The van der Waals surface area contributed by atoms with E-state index in [1.165, 1.54) is 6.08 Å². The molecule has 0 bridgehead atoms. The highest BCUT2D eigenvalue weighted by atomic mass is 16.2. The Hall–Kier alpha value is -4.60. The molecule has 2 aromatic carbocycles. The predicted molar refractivity (Wildman–Crippen MR) is 136 cm³/mol. The van der Waals surface area contributed by atoms with E-state index in [0.717, 1.165) is 16.5 Å². The molecule has 3 atom stereocenters. The van der Waals surface area contributed by atoms with Gasteiger partial charge in [0.15, 0.2) is 0 Å². The second kappa shape index (κ2) is 11.7. The van der Waals surface area contributed by atoms with Gasteiger partial charge in [0, 0.05) is 29.4 Å². The van der Waals surface area contributed by atoms with Crippen molar-refractivity contribution >= 4 is 34.6 Å². The van der Waals surface area contributed by atoms with Gasteiger partial charge in [0.2, 0.25) is 0 Å². The van der Waals surface area contributed by atoms with Gasteiger partial charge in [0.25, 0.3) is 5.91 Å². The molecule has 3 aromatic rings. The molecule has 36 heavy (non-hydrogen) atoms. The molecule has 8 nitrogen and oxygen atoms in total. The molecule has 0 spiro atoms. The average molecular weight is 483 g/mol. The van der Waals surface area contributed by atoms with Gasteiger partial charge in [-0.3, -0.25) is 4.79 Å². The lowest BCUT2D eigenvalue weighted by Crippen LogP contribution is -2.45. The molecule has 1 saturated heterocycles. The van der Waals surface area contributed by atoms with Crippen molar-refractivity contribution in [1.29, 1.82) is 0 Å². The summed E-state index contributed by atoms with van der Waals surface area (Å²) in [5, 5.41) is 9.87. The lowest BCUT2D eigenvalue weighted by atomic mass is 9.95. The maximum absolute atomic E-state index is 13.2. The summed E-state index contributed by atoms with van der Waals surface area (Å²) in [5.41, 5.74) is 2.64. The van der Waals surface area contributed by atoms with Crippen LogP contribution in [0.15, 0.2) is 78.1 Å². The van der Waals surface area contributed by atoms with Crippen LogP contribution >= 0.6 is 0 Å². The van der Waals surface area contributed by atoms with Gasteiger partial charge in [-0.05, 0) is 37.0 Å². The summed E-state index contributed by atoms with van der Waals surface area (Å²) >= 11 is 0. The zero-order valence-corrected chi connectivity index (χ0v) is 19.5. The SMILES string of the molecule is O=C=C[C@H](C[C@@H]1CCNC1=C=O)NC(=C=O)[C@H](Cc1ccccc1)NC(=O)c1cc2ccccc2[nH]1. The van der Waals surface area contributed by atoms with Gasteiger partial charge in [0.1, 0.15) is 29.2 Å². The normalized spacial score (nSPS) is 16.1. The summed E-state index contributed by atoms with van der Waals surface area (Å²) < 4.78 is 0. The lowest BCUT2D eigenvalue weighted by Gasteiger charge is -2.25. The van der Waals surface area contributed by atoms with Crippen molar-refractivity contribution in [3.8, 4) is 0 Å². The quantitative estimate of drug-likeness (QED) is 0.329. The third kappa shape index (κ3) is 5.90. The predicted octanol–water partition coefficient (Wildman–Crippen LogP) is 2.29. The van der Waals surface area contributed by atoms with Crippen LogP contribution in [0, 0.1) is 5.92 Å². The second-order valence-electron chi connectivity index (χ2n) is 8.70. The van der Waals surface area contributed by atoms with Gasteiger partial charge >= 0.3 is 0 Å². The van der Waals surface area contributed by atoms with Crippen molar-refractivity contribution < 1.29 is 19.2 Å². The molecule has 182 valence electrons. The molecule has 1 aliphatic heterocycles. The van der Waals surface area contributed by atoms with Crippen LogP contribution in [0.25, 0.3) is 10.9 Å². The fourth-order valence-corrected chi connectivity index (χ4v) is 4.49. The third-order valence-corrected chi connectivity index (χ3v) is 6.30. The number of carbonyl (C=O) groups is 1. The topological polar surface area (TPSA) is 120 Å². The monoisotopic (exact) mass is 482 g/mol. The fourth-order valence-electron chi connectivity index (χ4n) is 4.49. The molecule has 2 heterocycles. The largest absolute Gasteiger partial charge is 0.379 e. The molecule has 4 N–H and O–H groups in total. The molecule has 1 amide bonds. The van der Waals surface area contributed by atoms with E-state index in [1.54, 1.807) is 12.0 Å². The Morgan fingerprint density at radius 1 is 1.06 bits per heavy atom. The van der Waals surface area contributed by atoms with Gasteiger partial charge in [-0.2, -0.15) is 0 Å². The van der Waals surface area contributed by atoms with E-state index in [2.05, 4.69) is 20.9 Å². The molecule has 4 rings (SSSR count). The number of rotatable bonds is 10. The molecule has 0 aliphatic carbocycles. The number of para-hydroxylation sites is 1. The third-order valence-electron chi connectivity index (χ3n) is 6.30. The standard InChI is InChI=1S/C28H26N4O4/c33-13-11-22(15-21-10-12-29-26(21)17-34)30-27(18-35)24(14-19-6-2-1-3-7-19)32-28(36)25-16-20-8-4-5-9-23(20)31-25/h1-9,11,16,21-22,24,29-31H,10,12,14-15H2,(H,32,36)/t21-,22+,24-/m0/s1. The van der Waals surface area contributed by atoms with Crippen LogP contribution in [0.4, 0.5) is 0 Å². The lowest BCUT2D eigenvalue weighted by molar-refractivity contribution is 0.0937. The molecule has 1 aliphatic rings. The summed E-state index contributed by atoms with van der Waals surface area (Å²) in [6.07, 6.45) is 2.69. The molecular formula is C28H26N4O4. The number of fused-ring (bicyclic) bond motifs is 1. The van der Waals surface area contributed by atoms with Crippen molar-refractivity contribution in [1.82, 2.24) is 20.9 Å². The fraction of sp³-hybridized carbons (Fsp3) is 0.250. The number of H-pyrrole nitrogens is 1. The van der Waals surface area contributed by atoms with Gasteiger partial charge < -0.3 is 20.9 Å². The van der Waals surface area contributed by atoms with Crippen LogP contribution in [-0.2, 0) is 20.8 Å². The van der Waals surface area contributed by atoms with Crippen LogP contribution in [0.2, 0.25) is 0 Å². The minimum atomic E-state index is -0.742. The number of amides is 1. The van der Waals surface area contributed by atoms with Gasteiger partial charge in [-0.1, -0.05) is 48.5 Å². The first-order chi connectivity index (χ1) is 17.6. The van der Waals surface area contributed by atoms with E-state index >= 15 is 0 Å². The molecular weight excluding hydrogens is 456 g/mol. The highest BCUT2D eigenvalue weighted by Gasteiger charge is 2.27. The zero-order chi connectivity index (χ0) is 25.3. The maximum Gasteiger partial charge on any atom is 0.268 e. The number of carbonyl (C=O) groups excluding carboxylic acids is 4. The van der Waals surface area contributed by atoms with Crippen LogP contribution < -0.4 is 16.0 Å². The van der Waals surface area contributed by atoms with E-state index in [9.17, 15) is 19.2 Å². The molecule has 1 fully saturated rings. The van der Waals surface area contributed by atoms with Crippen molar-refractivity contribution in [2.75, 3.05) is 6.54 Å². The Morgan fingerprint density at radius 3 is 2.56 bits per heavy atom. The van der Waals surface area contributed by atoms with E-state index in [-0.39, 0.29) is 17.5 Å². The molecule has 0 radical (unpaired) electrons. The summed E-state index contributed by atoms with van der Waals surface area (Å²) in [5.74, 6) is 5.10. The van der Waals surface area contributed by atoms with Crippen molar-refractivity contribution in [3.63, 3.8) is 0 Å². The number of nitrogens with one attached hydrogen (secondary N) is 4. The number of allylic oxidation sites excluding steroid dienone is 1. The minimum absolute atomic E-state index is 0.0994. The minimum Gasteiger partial charge on any atom is -0.379 e. The summed E-state index contributed by atoms with van der Waals surface area (Å²) in [6.45, 7) is 0.639. The van der Waals surface area contributed by atoms with Gasteiger partial charge in [-0.25, -0.2) is 14.4 Å². The summed E-state index contributed by atoms with van der Waals surface area (Å²) in [6, 6.07) is 17.4. The smallest absolute Gasteiger partial charge is 0.268 e. The highest BCUT2D eigenvalue weighted by molar-refractivity contribution is 5.98. The molecule has 8 heteroatoms. The van der Waals surface area contributed by atoms with Crippen molar-refractivity contribution in [2.24, 2.45) is 5.92 Å². The summed E-state index contributed by atoms with van der Waals surface area (Å²) in [4.78, 5) is 50.8. The second-order valence-corrected chi connectivity index (χ2v) is 8.70. The van der Waals surface area contributed by atoms with E-state index < -0.39 is 12.1 Å². The number of aromatic amines is 1. The number of aromatic nitrogens is 1. The maximum atomic E-state index is 13.2. The Kier molecular flexibility index (Phi) is 7.97. The molecule has 0 saturated carbocycles. The number of hydrogen-bond acceptors (Lipinski definition) is 6. The molecule has 1 aromatic heterocycles. The van der Waals surface area contributed by atoms with Crippen LogP contribution in [0.1, 0.15) is 28.9 Å². The zero-order valence-electron chi connectivity index (χ0n) is 19.5. The first kappa shape index (κ1) is 24.5. The van der Waals surface area contributed by atoms with E-state index in [0.29, 0.717) is 37.2 Å². The number of benzene rings is 2. The highest BCUT2D eigenvalue weighted by Crippen LogP contribution is 2.23. The Labute approximate surface area is 208 Å². The first-order valence-corrected chi connectivity index (χ1v) is 11.7. The molecule has 0 unspecified atom stereocenters. The Bertz CT molecular complexity index is 1340. The van der Waals surface area contributed by atoms with E-state index in [4.69, 9.17) is 0 Å². The van der Waals surface area contributed by atoms with Crippen LogP contribution in [-0.4, -0.2) is 47.3 Å². The Balaban J connectivity index is 1.57. The Morgan fingerprint density at radius 2 is 1.83 bits per heavy atom. The van der Waals surface area contributed by atoms with E-state index in [1.807, 2.05) is 66.5 Å². The average Bonchev–Trinajstić information content (AvgIpc) is 3.54. The number of hydrogen-bond donors (Lipinski definition) is 4. The van der Waals surface area contributed by atoms with Gasteiger partial charge in [0.05, 0.1) is 17.8 Å². The first-order valence-electron chi connectivity index (χ1n) is 11.7. The summed E-state index contributed by atoms with van der Waals surface area (Å²) in [7, 11) is 0. The van der Waals surface area contributed by atoms with Gasteiger partial charge in [-0.15, -0.1) is 0 Å².